The fraction of sp³-hybridized carbons (Fsp3) is 0.435. The van der Waals surface area contributed by atoms with Crippen LogP contribution in [-0.2, 0) is 11.2 Å². The minimum absolute atomic E-state index is 0.154. The molecular formula is C23H30N6O5. The van der Waals surface area contributed by atoms with E-state index in [4.69, 9.17) is 14.2 Å². The molecule has 0 spiro atoms. The zero-order valence-electron chi connectivity index (χ0n) is 20.1. The Kier molecular flexibility index (Phi) is 8.23. The standard InChI is InChI=1S/C23H30N6O5/c1-6-32-18-11-16(12-19(33-7-2)21(18)34-8-3)22(31)28-27-20(30)10-9-17-14(4)26-23-24-13-25-29(23)15(17)5/h11-13H,6-10H2,1-5H3,(H,27,30)(H,28,31). The van der Waals surface area contributed by atoms with E-state index in [2.05, 4.69) is 25.9 Å². The van der Waals surface area contributed by atoms with Gasteiger partial charge < -0.3 is 14.2 Å². The molecule has 0 radical (unpaired) electrons. The van der Waals surface area contributed by atoms with Gasteiger partial charge >= 0.3 is 0 Å². The normalized spacial score (nSPS) is 10.7. The van der Waals surface area contributed by atoms with Crippen molar-refractivity contribution in [3.05, 3.63) is 41.0 Å². The molecule has 0 saturated heterocycles. The van der Waals surface area contributed by atoms with E-state index in [0.717, 1.165) is 17.0 Å². The van der Waals surface area contributed by atoms with Crippen LogP contribution < -0.4 is 25.1 Å². The number of fused-ring (bicyclic) bond motifs is 1. The first-order valence-electron chi connectivity index (χ1n) is 11.2. The summed E-state index contributed by atoms with van der Waals surface area (Å²) in [6.45, 7) is 10.5. The molecule has 0 unspecified atom stereocenters. The zero-order chi connectivity index (χ0) is 24.7. The molecule has 11 nitrogen and oxygen atoms in total. The number of nitrogens with zero attached hydrogens (tertiary/aromatic N) is 4. The maximum absolute atomic E-state index is 12.7. The zero-order valence-corrected chi connectivity index (χ0v) is 20.1. The second-order valence-corrected chi connectivity index (χ2v) is 7.34. The van der Waals surface area contributed by atoms with Gasteiger partial charge in [-0.25, -0.2) is 9.50 Å². The van der Waals surface area contributed by atoms with Crippen molar-refractivity contribution in [1.82, 2.24) is 30.4 Å². The van der Waals surface area contributed by atoms with Crippen LogP contribution >= 0.6 is 0 Å². The van der Waals surface area contributed by atoms with Crippen molar-refractivity contribution in [3.63, 3.8) is 0 Å². The number of benzene rings is 1. The second kappa shape index (κ2) is 11.3. The van der Waals surface area contributed by atoms with Crippen molar-refractivity contribution in [2.75, 3.05) is 19.8 Å². The number of hydrazine groups is 1. The van der Waals surface area contributed by atoms with Gasteiger partial charge in [0.05, 0.1) is 19.8 Å². The van der Waals surface area contributed by atoms with Crippen molar-refractivity contribution in [3.8, 4) is 17.2 Å². The van der Waals surface area contributed by atoms with Crippen LogP contribution in [0.2, 0.25) is 0 Å². The molecule has 0 aliphatic carbocycles. The Morgan fingerprint density at radius 1 is 0.971 bits per heavy atom. The van der Waals surface area contributed by atoms with Gasteiger partial charge in [0.25, 0.3) is 11.7 Å². The van der Waals surface area contributed by atoms with Crippen LogP contribution in [0.15, 0.2) is 18.5 Å². The maximum atomic E-state index is 12.7. The maximum Gasteiger partial charge on any atom is 0.269 e. The van der Waals surface area contributed by atoms with Gasteiger partial charge in [0, 0.05) is 23.4 Å². The van der Waals surface area contributed by atoms with Gasteiger partial charge in [-0.2, -0.15) is 10.1 Å². The van der Waals surface area contributed by atoms with E-state index in [0.29, 0.717) is 49.3 Å². The number of hydrogen-bond donors (Lipinski definition) is 2. The lowest BCUT2D eigenvalue weighted by atomic mass is 10.1. The first kappa shape index (κ1) is 24.7. The van der Waals surface area contributed by atoms with E-state index in [1.54, 1.807) is 16.6 Å². The number of carbonyl (C=O) groups excluding carboxylic acids is 2. The Morgan fingerprint density at radius 3 is 2.24 bits per heavy atom. The van der Waals surface area contributed by atoms with Crippen LogP contribution in [0.1, 0.15) is 54.5 Å². The van der Waals surface area contributed by atoms with Crippen LogP contribution in [0.4, 0.5) is 0 Å². The Labute approximate surface area is 197 Å². The monoisotopic (exact) mass is 470 g/mol. The molecule has 182 valence electrons. The smallest absolute Gasteiger partial charge is 0.269 e. The number of hydrogen-bond acceptors (Lipinski definition) is 8. The van der Waals surface area contributed by atoms with Gasteiger partial charge in [-0.3, -0.25) is 20.4 Å². The summed E-state index contributed by atoms with van der Waals surface area (Å²) in [6, 6.07) is 3.12. The largest absolute Gasteiger partial charge is 0.490 e. The molecule has 3 rings (SSSR count). The Balaban J connectivity index is 1.66. The molecule has 2 amide bonds. The number of aromatic nitrogens is 4. The minimum Gasteiger partial charge on any atom is -0.490 e. The highest BCUT2D eigenvalue weighted by Gasteiger charge is 2.19. The summed E-state index contributed by atoms with van der Waals surface area (Å²) in [6.07, 6.45) is 2.03. The predicted molar refractivity (Wildman–Crippen MR) is 124 cm³/mol. The molecule has 0 saturated carbocycles. The summed E-state index contributed by atoms with van der Waals surface area (Å²) in [5.41, 5.74) is 7.74. The van der Waals surface area contributed by atoms with E-state index < -0.39 is 5.91 Å². The van der Waals surface area contributed by atoms with Crippen LogP contribution in [0.3, 0.4) is 0 Å². The summed E-state index contributed by atoms with van der Waals surface area (Å²) in [5, 5.41) is 4.15. The van der Waals surface area contributed by atoms with Gasteiger partial charge in [-0.1, -0.05) is 0 Å². The number of nitrogens with one attached hydrogen (secondary N) is 2. The van der Waals surface area contributed by atoms with Crippen molar-refractivity contribution >= 4 is 17.6 Å². The van der Waals surface area contributed by atoms with Crippen molar-refractivity contribution < 1.29 is 23.8 Å². The average molecular weight is 471 g/mol. The molecule has 2 N–H and O–H groups in total. The molecule has 0 fully saturated rings. The number of rotatable bonds is 10. The SMILES string of the molecule is CCOc1cc(C(=O)NNC(=O)CCc2c(C)nc3ncnn3c2C)cc(OCC)c1OCC. The van der Waals surface area contributed by atoms with E-state index in [9.17, 15) is 9.59 Å². The third kappa shape index (κ3) is 5.53. The number of ether oxygens (including phenoxy) is 3. The molecule has 0 aliphatic heterocycles. The molecule has 1 aromatic carbocycles. The Hall–Kier alpha value is -3.89. The third-order valence-corrected chi connectivity index (χ3v) is 5.08. The summed E-state index contributed by atoms with van der Waals surface area (Å²) in [7, 11) is 0. The highest BCUT2D eigenvalue weighted by atomic mass is 16.5. The van der Waals surface area contributed by atoms with Crippen molar-refractivity contribution in [1.29, 1.82) is 0 Å². The van der Waals surface area contributed by atoms with E-state index >= 15 is 0 Å². The van der Waals surface area contributed by atoms with Crippen molar-refractivity contribution in [2.45, 2.75) is 47.5 Å². The highest BCUT2D eigenvalue weighted by Crippen LogP contribution is 2.39. The number of amides is 2. The number of aryl methyl sites for hydroxylation is 2. The van der Waals surface area contributed by atoms with Gasteiger partial charge in [0.1, 0.15) is 6.33 Å². The Bertz CT molecular complexity index is 1150. The average Bonchev–Trinajstić information content (AvgIpc) is 3.28. The van der Waals surface area contributed by atoms with Crippen LogP contribution in [0.5, 0.6) is 17.2 Å². The summed E-state index contributed by atoms with van der Waals surface area (Å²) in [4.78, 5) is 33.6. The van der Waals surface area contributed by atoms with Gasteiger partial charge in [-0.05, 0) is 58.7 Å². The molecule has 0 atom stereocenters. The molecular weight excluding hydrogens is 440 g/mol. The fourth-order valence-electron chi connectivity index (χ4n) is 3.54. The quantitative estimate of drug-likeness (QED) is 0.432. The molecule has 3 aromatic rings. The molecule has 2 heterocycles. The molecule has 2 aromatic heterocycles. The summed E-state index contributed by atoms with van der Waals surface area (Å²) in [5.74, 6) is 0.907. The first-order valence-corrected chi connectivity index (χ1v) is 11.2. The topological polar surface area (TPSA) is 129 Å². The third-order valence-electron chi connectivity index (χ3n) is 5.08. The minimum atomic E-state index is -0.503. The van der Waals surface area contributed by atoms with E-state index in [1.807, 2.05) is 34.6 Å². The van der Waals surface area contributed by atoms with Crippen LogP contribution in [0, 0.1) is 13.8 Å². The summed E-state index contributed by atoms with van der Waals surface area (Å²) >= 11 is 0. The molecule has 34 heavy (non-hydrogen) atoms. The van der Waals surface area contributed by atoms with Crippen LogP contribution in [0.25, 0.3) is 5.78 Å². The van der Waals surface area contributed by atoms with Gasteiger partial charge in [-0.15, -0.1) is 0 Å². The van der Waals surface area contributed by atoms with Crippen LogP contribution in [-0.4, -0.2) is 51.2 Å². The fourth-order valence-corrected chi connectivity index (χ4v) is 3.54. The molecule has 11 heteroatoms. The van der Waals surface area contributed by atoms with E-state index in [1.165, 1.54) is 6.33 Å². The lowest BCUT2D eigenvalue weighted by Crippen LogP contribution is -2.41. The Morgan fingerprint density at radius 2 is 1.62 bits per heavy atom. The van der Waals surface area contributed by atoms with Gasteiger partial charge in [0.2, 0.25) is 11.7 Å². The molecule has 0 aliphatic rings. The summed E-state index contributed by atoms with van der Waals surface area (Å²) < 4.78 is 18.6. The second-order valence-electron chi connectivity index (χ2n) is 7.34. The number of carbonyl (C=O) groups is 2. The predicted octanol–water partition coefficient (Wildman–Crippen LogP) is 2.33. The van der Waals surface area contributed by atoms with E-state index in [-0.39, 0.29) is 17.9 Å². The first-order chi connectivity index (χ1) is 16.4. The molecule has 0 bridgehead atoms. The highest BCUT2D eigenvalue weighted by molar-refractivity contribution is 5.96. The lowest BCUT2D eigenvalue weighted by Gasteiger charge is -2.17. The van der Waals surface area contributed by atoms with Crippen molar-refractivity contribution in [2.24, 2.45) is 0 Å². The van der Waals surface area contributed by atoms with Gasteiger partial charge in [0.15, 0.2) is 11.5 Å². The lowest BCUT2D eigenvalue weighted by molar-refractivity contribution is -0.121.